The molecule has 30 heavy (non-hydrogen) atoms. The Morgan fingerprint density at radius 2 is 1.83 bits per heavy atom. The van der Waals surface area contributed by atoms with Crippen molar-refractivity contribution < 1.29 is 9.84 Å². The highest BCUT2D eigenvalue weighted by Gasteiger charge is 2.58. The molecule has 4 aliphatic carbocycles. The number of hydrogen-bond acceptors (Lipinski definition) is 4. The molecule has 0 aromatic carbocycles. The number of nitrogens with zero attached hydrogens (tertiary/aromatic N) is 3. The summed E-state index contributed by atoms with van der Waals surface area (Å²) in [6.45, 7) is 8.34. The quantitative estimate of drug-likeness (QED) is 0.723. The standard InChI is InChI=1S/C25H39N3O2/c1-17(15-28-26-12-13-27-28)22-6-7-23-21-5-4-18-14-25(29,16-30-3)11-9-19(18)20(21)8-10-24(22,23)2/h12-13,18-23,29H,1,4-11,14-16H2,2-3H3/t18-,19-,20+,21+,22+,23-,24+,25+/m0/s1. The number of methoxy groups -OCH3 is 1. The van der Waals surface area contributed by atoms with Crippen molar-refractivity contribution in [2.45, 2.75) is 76.9 Å². The molecule has 0 saturated heterocycles. The van der Waals surface area contributed by atoms with Crippen molar-refractivity contribution in [3.05, 3.63) is 24.5 Å². The fourth-order valence-electron chi connectivity index (χ4n) is 8.65. The van der Waals surface area contributed by atoms with E-state index in [4.69, 9.17) is 4.74 Å². The Kier molecular flexibility index (Phi) is 5.34. The molecule has 0 amide bonds. The van der Waals surface area contributed by atoms with Crippen molar-refractivity contribution in [3.8, 4) is 0 Å². The molecule has 1 heterocycles. The third-order valence-corrected chi connectivity index (χ3v) is 9.82. The van der Waals surface area contributed by atoms with E-state index < -0.39 is 5.60 Å². The van der Waals surface area contributed by atoms with Gasteiger partial charge in [-0.05, 0) is 98.7 Å². The number of rotatable bonds is 5. The van der Waals surface area contributed by atoms with E-state index in [9.17, 15) is 5.11 Å². The summed E-state index contributed by atoms with van der Waals surface area (Å²) in [6, 6.07) is 0. The molecule has 5 rings (SSSR count). The second-order valence-corrected chi connectivity index (χ2v) is 11.2. The monoisotopic (exact) mass is 413 g/mol. The highest BCUT2D eigenvalue weighted by Crippen LogP contribution is 2.65. The SMILES string of the molecule is C=C(Cn1nccn1)[C@H]1CC[C@H]2[C@@H]3CC[C@H]4C[C@@](O)(COC)CC[C@@H]4[C@H]3CC[C@]12C. The number of fused-ring (bicyclic) bond motifs is 5. The van der Waals surface area contributed by atoms with Crippen LogP contribution in [0.4, 0.5) is 0 Å². The average molecular weight is 414 g/mol. The summed E-state index contributed by atoms with van der Waals surface area (Å²) in [7, 11) is 1.72. The fraction of sp³-hybridized carbons (Fsp3) is 0.840. The topological polar surface area (TPSA) is 60.2 Å². The van der Waals surface area contributed by atoms with Crippen LogP contribution >= 0.6 is 0 Å². The maximum Gasteiger partial charge on any atom is 0.0882 e. The Morgan fingerprint density at radius 1 is 1.07 bits per heavy atom. The molecule has 1 aromatic rings. The first-order chi connectivity index (χ1) is 14.4. The highest BCUT2D eigenvalue weighted by atomic mass is 16.5. The minimum Gasteiger partial charge on any atom is -0.387 e. The Bertz CT molecular complexity index is 764. The lowest BCUT2D eigenvalue weighted by atomic mass is 9.48. The molecule has 0 spiro atoms. The van der Waals surface area contributed by atoms with Crippen molar-refractivity contribution in [2.24, 2.45) is 40.9 Å². The number of ether oxygens (including phenoxy) is 1. The van der Waals surface area contributed by atoms with Crippen LogP contribution in [0.3, 0.4) is 0 Å². The molecule has 166 valence electrons. The lowest BCUT2D eigenvalue weighted by molar-refractivity contribution is -0.123. The van der Waals surface area contributed by atoms with E-state index in [0.29, 0.717) is 23.9 Å². The van der Waals surface area contributed by atoms with Gasteiger partial charge in [0, 0.05) is 7.11 Å². The molecule has 0 aliphatic heterocycles. The van der Waals surface area contributed by atoms with E-state index in [0.717, 1.165) is 43.1 Å². The fourth-order valence-corrected chi connectivity index (χ4v) is 8.65. The number of aliphatic hydroxyl groups is 1. The molecule has 5 heteroatoms. The number of hydrogen-bond donors (Lipinski definition) is 1. The molecular weight excluding hydrogens is 374 g/mol. The van der Waals surface area contributed by atoms with Gasteiger partial charge < -0.3 is 9.84 Å². The van der Waals surface area contributed by atoms with Gasteiger partial charge >= 0.3 is 0 Å². The normalized spacial score (nSPS) is 45.4. The van der Waals surface area contributed by atoms with Gasteiger partial charge in [0.05, 0.1) is 31.1 Å². The Labute approximate surface area is 181 Å². The summed E-state index contributed by atoms with van der Waals surface area (Å²) in [5, 5.41) is 19.6. The summed E-state index contributed by atoms with van der Waals surface area (Å²) in [5.41, 5.74) is 1.14. The third-order valence-electron chi connectivity index (χ3n) is 9.82. The van der Waals surface area contributed by atoms with Crippen LogP contribution in [-0.4, -0.2) is 39.4 Å². The van der Waals surface area contributed by atoms with Crippen LogP contribution in [0.1, 0.15) is 64.7 Å². The lowest BCUT2D eigenvalue weighted by Gasteiger charge is -2.57. The van der Waals surface area contributed by atoms with Gasteiger partial charge in [-0.2, -0.15) is 15.0 Å². The Balaban J connectivity index is 1.29. The minimum atomic E-state index is -0.581. The van der Waals surface area contributed by atoms with Gasteiger partial charge in [-0.1, -0.05) is 19.1 Å². The third kappa shape index (κ3) is 3.37. The Hall–Kier alpha value is -1.20. The van der Waals surface area contributed by atoms with E-state index in [1.54, 1.807) is 24.3 Å². The van der Waals surface area contributed by atoms with Gasteiger partial charge in [0.1, 0.15) is 0 Å². The van der Waals surface area contributed by atoms with Gasteiger partial charge in [-0.3, -0.25) is 0 Å². The smallest absolute Gasteiger partial charge is 0.0882 e. The largest absolute Gasteiger partial charge is 0.387 e. The van der Waals surface area contributed by atoms with Gasteiger partial charge in [-0.25, -0.2) is 0 Å². The van der Waals surface area contributed by atoms with Crippen molar-refractivity contribution >= 4 is 0 Å². The zero-order valence-electron chi connectivity index (χ0n) is 18.8. The van der Waals surface area contributed by atoms with Crippen LogP contribution in [0, 0.1) is 40.9 Å². The number of aromatic nitrogens is 3. The zero-order valence-corrected chi connectivity index (χ0v) is 18.8. The van der Waals surface area contributed by atoms with Gasteiger partial charge in [0.2, 0.25) is 0 Å². The molecule has 5 nitrogen and oxygen atoms in total. The van der Waals surface area contributed by atoms with Gasteiger partial charge in [-0.15, -0.1) is 0 Å². The van der Waals surface area contributed by atoms with Crippen LogP contribution in [0.2, 0.25) is 0 Å². The van der Waals surface area contributed by atoms with E-state index in [-0.39, 0.29) is 0 Å². The van der Waals surface area contributed by atoms with Crippen LogP contribution < -0.4 is 0 Å². The highest BCUT2D eigenvalue weighted by molar-refractivity contribution is 5.15. The number of allylic oxidation sites excluding steroid dienone is 1. The molecule has 4 fully saturated rings. The van der Waals surface area contributed by atoms with E-state index in [2.05, 4.69) is 23.7 Å². The van der Waals surface area contributed by atoms with E-state index in [1.807, 2.05) is 0 Å². The summed E-state index contributed by atoms with van der Waals surface area (Å²) < 4.78 is 5.34. The zero-order chi connectivity index (χ0) is 20.9. The van der Waals surface area contributed by atoms with Crippen LogP contribution in [0.15, 0.2) is 24.5 Å². The summed E-state index contributed by atoms with van der Waals surface area (Å²) in [5.74, 6) is 4.70. The van der Waals surface area contributed by atoms with E-state index in [1.165, 1.54) is 50.5 Å². The predicted molar refractivity (Wildman–Crippen MR) is 117 cm³/mol. The van der Waals surface area contributed by atoms with Gasteiger partial charge in [0.25, 0.3) is 0 Å². The van der Waals surface area contributed by atoms with Gasteiger partial charge in [0.15, 0.2) is 0 Å². The molecule has 0 bridgehead atoms. The minimum absolute atomic E-state index is 0.393. The second kappa shape index (κ2) is 7.74. The maximum absolute atomic E-state index is 11.0. The first-order valence-corrected chi connectivity index (χ1v) is 12.2. The molecular formula is C25H39N3O2. The molecule has 0 unspecified atom stereocenters. The van der Waals surface area contributed by atoms with Crippen LogP contribution in [0.5, 0.6) is 0 Å². The maximum atomic E-state index is 11.0. The van der Waals surface area contributed by atoms with E-state index >= 15 is 0 Å². The lowest BCUT2D eigenvalue weighted by Crippen LogP contribution is -2.52. The molecule has 8 atom stereocenters. The first kappa shape index (κ1) is 20.7. The van der Waals surface area contributed by atoms with Crippen molar-refractivity contribution in [2.75, 3.05) is 13.7 Å². The Morgan fingerprint density at radius 3 is 2.60 bits per heavy atom. The molecule has 4 saturated carbocycles. The predicted octanol–water partition coefficient (Wildman–Crippen LogP) is 4.48. The van der Waals surface area contributed by atoms with Crippen LogP contribution in [0.25, 0.3) is 0 Å². The summed E-state index contributed by atoms with van der Waals surface area (Å²) in [6.07, 6.45) is 14.6. The van der Waals surface area contributed by atoms with Crippen molar-refractivity contribution in [1.82, 2.24) is 15.0 Å². The molecule has 1 N–H and O–H groups in total. The van der Waals surface area contributed by atoms with Crippen LogP contribution in [-0.2, 0) is 11.3 Å². The molecule has 1 aromatic heterocycles. The van der Waals surface area contributed by atoms with Crippen molar-refractivity contribution in [1.29, 1.82) is 0 Å². The molecule has 0 radical (unpaired) electrons. The first-order valence-electron chi connectivity index (χ1n) is 12.2. The summed E-state index contributed by atoms with van der Waals surface area (Å²) in [4.78, 5) is 1.79. The summed E-state index contributed by atoms with van der Waals surface area (Å²) >= 11 is 0. The second-order valence-electron chi connectivity index (χ2n) is 11.2. The average Bonchev–Trinajstić information content (AvgIpc) is 3.34. The van der Waals surface area contributed by atoms with Crippen molar-refractivity contribution in [3.63, 3.8) is 0 Å². The molecule has 4 aliphatic rings.